The van der Waals surface area contributed by atoms with Crippen molar-refractivity contribution in [2.24, 2.45) is 0 Å². The smallest absolute Gasteiger partial charge is 0.239 e. The maximum absolute atomic E-state index is 11.8. The van der Waals surface area contributed by atoms with Crippen molar-refractivity contribution in [1.82, 2.24) is 5.32 Å². The van der Waals surface area contributed by atoms with Crippen molar-refractivity contribution in [3.63, 3.8) is 0 Å². The quantitative estimate of drug-likeness (QED) is 0.574. The Labute approximate surface area is 134 Å². The molecule has 0 saturated heterocycles. The number of amides is 1. The fraction of sp³-hybridized carbons (Fsp3) is 0.611. The summed E-state index contributed by atoms with van der Waals surface area (Å²) in [6, 6.07) is 7.72. The lowest BCUT2D eigenvalue weighted by Gasteiger charge is -2.10. The molecular formula is C18H30N2O2. The second-order valence-electron chi connectivity index (χ2n) is 5.49. The third-order valence-electron chi connectivity index (χ3n) is 3.36. The van der Waals surface area contributed by atoms with Crippen molar-refractivity contribution in [1.29, 1.82) is 0 Å². The van der Waals surface area contributed by atoms with Crippen molar-refractivity contribution >= 4 is 11.6 Å². The van der Waals surface area contributed by atoms with E-state index in [2.05, 4.69) is 24.5 Å². The zero-order chi connectivity index (χ0) is 16.0. The van der Waals surface area contributed by atoms with Gasteiger partial charge in [-0.05, 0) is 25.0 Å². The summed E-state index contributed by atoms with van der Waals surface area (Å²) in [5.41, 5.74) is 0.909. The van der Waals surface area contributed by atoms with Crippen LogP contribution in [0, 0.1) is 0 Å². The SMILES string of the molecule is CCCCCCCNC(=O)CNc1cccc(OCCC)c1. The van der Waals surface area contributed by atoms with Crippen molar-refractivity contribution in [3.05, 3.63) is 24.3 Å². The average Bonchev–Trinajstić information content (AvgIpc) is 2.54. The molecular weight excluding hydrogens is 276 g/mol. The highest BCUT2D eigenvalue weighted by Crippen LogP contribution is 2.17. The van der Waals surface area contributed by atoms with Crippen molar-refractivity contribution in [2.45, 2.75) is 52.4 Å². The van der Waals surface area contributed by atoms with Crippen LogP contribution in [-0.4, -0.2) is 25.6 Å². The van der Waals surface area contributed by atoms with E-state index in [9.17, 15) is 4.79 Å². The molecule has 0 aliphatic heterocycles. The third-order valence-corrected chi connectivity index (χ3v) is 3.36. The molecule has 0 aliphatic carbocycles. The van der Waals surface area contributed by atoms with Crippen LogP contribution in [-0.2, 0) is 4.79 Å². The summed E-state index contributed by atoms with van der Waals surface area (Å²) in [5.74, 6) is 0.874. The van der Waals surface area contributed by atoms with Crippen LogP contribution in [0.5, 0.6) is 5.75 Å². The minimum Gasteiger partial charge on any atom is -0.494 e. The Bertz CT molecular complexity index is 421. The molecule has 1 amide bonds. The Balaban J connectivity index is 2.18. The molecule has 0 unspecified atom stereocenters. The number of hydrogen-bond donors (Lipinski definition) is 2. The highest BCUT2D eigenvalue weighted by Gasteiger charge is 2.01. The summed E-state index contributed by atoms with van der Waals surface area (Å²) >= 11 is 0. The number of nitrogens with one attached hydrogen (secondary N) is 2. The first-order valence-corrected chi connectivity index (χ1v) is 8.49. The Morgan fingerprint density at radius 1 is 1.09 bits per heavy atom. The van der Waals surface area contributed by atoms with E-state index in [-0.39, 0.29) is 5.91 Å². The van der Waals surface area contributed by atoms with Gasteiger partial charge in [0, 0.05) is 18.3 Å². The van der Waals surface area contributed by atoms with Crippen LogP contribution >= 0.6 is 0 Å². The molecule has 0 spiro atoms. The van der Waals surface area contributed by atoms with Crippen LogP contribution in [0.1, 0.15) is 52.4 Å². The van der Waals surface area contributed by atoms with Gasteiger partial charge in [-0.25, -0.2) is 0 Å². The summed E-state index contributed by atoms with van der Waals surface area (Å²) < 4.78 is 5.57. The molecule has 0 bridgehead atoms. The number of carbonyl (C=O) groups excluding carboxylic acids is 1. The number of rotatable bonds is 12. The Morgan fingerprint density at radius 3 is 2.68 bits per heavy atom. The van der Waals surface area contributed by atoms with Gasteiger partial charge in [-0.3, -0.25) is 4.79 Å². The van der Waals surface area contributed by atoms with E-state index in [1.807, 2.05) is 24.3 Å². The summed E-state index contributed by atoms with van der Waals surface area (Å²) in [6.07, 6.45) is 7.03. The molecule has 124 valence electrons. The van der Waals surface area contributed by atoms with Gasteiger partial charge in [0.2, 0.25) is 5.91 Å². The van der Waals surface area contributed by atoms with Gasteiger partial charge >= 0.3 is 0 Å². The fourth-order valence-corrected chi connectivity index (χ4v) is 2.12. The number of hydrogen-bond acceptors (Lipinski definition) is 3. The normalized spacial score (nSPS) is 10.3. The van der Waals surface area contributed by atoms with Crippen LogP contribution in [0.25, 0.3) is 0 Å². The van der Waals surface area contributed by atoms with E-state index in [4.69, 9.17) is 4.74 Å². The first-order valence-electron chi connectivity index (χ1n) is 8.49. The monoisotopic (exact) mass is 306 g/mol. The molecule has 2 N–H and O–H groups in total. The standard InChI is InChI=1S/C18H30N2O2/c1-3-5-6-7-8-12-19-18(21)15-20-16-10-9-11-17(14-16)22-13-4-2/h9-11,14,20H,3-8,12-13,15H2,1-2H3,(H,19,21). The molecule has 1 aromatic carbocycles. The number of ether oxygens (including phenoxy) is 1. The molecule has 0 atom stereocenters. The Morgan fingerprint density at radius 2 is 1.91 bits per heavy atom. The van der Waals surface area contributed by atoms with Crippen LogP contribution < -0.4 is 15.4 Å². The van der Waals surface area contributed by atoms with Gasteiger partial charge in [-0.1, -0.05) is 45.6 Å². The third kappa shape index (κ3) is 8.55. The maximum Gasteiger partial charge on any atom is 0.239 e. The zero-order valence-electron chi connectivity index (χ0n) is 14.0. The predicted molar refractivity (Wildman–Crippen MR) is 92.5 cm³/mol. The average molecular weight is 306 g/mol. The van der Waals surface area contributed by atoms with Gasteiger partial charge in [0.25, 0.3) is 0 Å². The number of anilines is 1. The van der Waals surface area contributed by atoms with Crippen molar-refractivity contribution in [3.8, 4) is 5.75 Å². The van der Waals surface area contributed by atoms with Crippen molar-refractivity contribution < 1.29 is 9.53 Å². The number of carbonyl (C=O) groups is 1. The summed E-state index contributed by atoms with van der Waals surface area (Å²) in [4.78, 5) is 11.8. The second kappa shape index (κ2) is 11.9. The van der Waals surface area contributed by atoms with Gasteiger partial charge in [0.1, 0.15) is 5.75 Å². The Kier molecular flexibility index (Phi) is 9.92. The van der Waals surface area contributed by atoms with E-state index >= 15 is 0 Å². The molecule has 4 heteroatoms. The lowest BCUT2D eigenvalue weighted by atomic mass is 10.1. The van der Waals surface area contributed by atoms with Gasteiger partial charge in [0.05, 0.1) is 13.2 Å². The van der Waals surface area contributed by atoms with Crippen LogP contribution in [0.3, 0.4) is 0 Å². The molecule has 1 rings (SSSR count). The molecule has 22 heavy (non-hydrogen) atoms. The lowest BCUT2D eigenvalue weighted by molar-refractivity contribution is -0.119. The predicted octanol–water partition coefficient (Wildman–Crippen LogP) is 3.97. The Hall–Kier alpha value is -1.71. The highest BCUT2D eigenvalue weighted by atomic mass is 16.5. The molecule has 0 aliphatic rings. The number of benzene rings is 1. The summed E-state index contributed by atoms with van der Waals surface area (Å²) in [5, 5.41) is 6.08. The van der Waals surface area contributed by atoms with Crippen LogP contribution in [0.2, 0.25) is 0 Å². The topological polar surface area (TPSA) is 50.4 Å². The summed E-state index contributed by atoms with van der Waals surface area (Å²) in [6.45, 7) is 6.06. The van der Waals surface area contributed by atoms with E-state index in [0.717, 1.165) is 30.8 Å². The lowest BCUT2D eigenvalue weighted by Crippen LogP contribution is -2.30. The summed E-state index contributed by atoms with van der Waals surface area (Å²) in [7, 11) is 0. The van der Waals surface area contributed by atoms with E-state index in [0.29, 0.717) is 13.2 Å². The number of unbranched alkanes of at least 4 members (excludes halogenated alkanes) is 4. The zero-order valence-corrected chi connectivity index (χ0v) is 14.0. The first-order chi connectivity index (χ1) is 10.8. The van der Waals surface area contributed by atoms with Gasteiger partial charge in [-0.2, -0.15) is 0 Å². The molecule has 0 fully saturated rings. The molecule has 0 heterocycles. The minimum atomic E-state index is 0.0374. The van der Waals surface area contributed by atoms with Crippen molar-refractivity contribution in [2.75, 3.05) is 25.0 Å². The van der Waals surface area contributed by atoms with Gasteiger partial charge in [-0.15, -0.1) is 0 Å². The maximum atomic E-state index is 11.8. The van der Waals surface area contributed by atoms with Crippen LogP contribution in [0.15, 0.2) is 24.3 Å². The minimum absolute atomic E-state index is 0.0374. The largest absolute Gasteiger partial charge is 0.494 e. The van der Waals surface area contributed by atoms with Crippen LogP contribution in [0.4, 0.5) is 5.69 Å². The molecule has 0 saturated carbocycles. The second-order valence-corrected chi connectivity index (χ2v) is 5.49. The highest BCUT2D eigenvalue weighted by molar-refractivity contribution is 5.80. The molecule has 0 radical (unpaired) electrons. The van der Waals surface area contributed by atoms with E-state index in [1.54, 1.807) is 0 Å². The first kappa shape index (κ1) is 18.3. The molecule has 0 aromatic heterocycles. The molecule has 4 nitrogen and oxygen atoms in total. The fourth-order valence-electron chi connectivity index (χ4n) is 2.12. The van der Waals surface area contributed by atoms with E-state index in [1.165, 1.54) is 25.7 Å². The molecule has 1 aromatic rings. The van der Waals surface area contributed by atoms with Gasteiger partial charge < -0.3 is 15.4 Å². The van der Waals surface area contributed by atoms with E-state index < -0.39 is 0 Å². The van der Waals surface area contributed by atoms with Gasteiger partial charge in [0.15, 0.2) is 0 Å².